The van der Waals surface area contributed by atoms with Gasteiger partial charge in [-0.3, -0.25) is 4.79 Å². The molecule has 5 heteroatoms. The number of amides is 2. The molecule has 1 aliphatic rings. The number of likely N-dealkylation sites (tertiary alicyclic amines) is 1. The van der Waals surface area contributed by atoms with Crippen LogP contribution in [0.25, 0.3) is 0 Å². The van der Waals surface area contributed by atoms with E-state index in [1.54, 1.807) is 0 Å². The number of carbonyl (C=O) groups is 2. The van der Waals surface area contributed by atoms with Gasteiger partial charge in [-0.1, -0.05) is 0 Å². The van der Waals surface area contributed by atoms with Gasteiger partial charge in [0.2, 0.25) is 5.91 Å². The Morgan fingerprint density at radius 1 is 1.69 bits per heavy atom. The predicted octanol–water partition coefficient (Wildman–Crippen LogP) is 0.659. The summed E-state index contributed by atoms with van der Waals surface area (Å²) in [5, 5.41) is 8.17. The minimum absolute atomic E-state index is 0.0547. The van der Waals surface area contributed by atoms with E-state index in [9.17, 15) is 9.59 Å². The third kappa shape index (κ3) is 2.44. The molecule has 1 aliphatic heterocycles. The summed E-state index contributed by atoms with van der Waals surface area (Å²) >= 11 is 0. The average molecular weight is 182 g/mol. The van der Waals surface area contributed by atoms with Gasteiger partial charge < -0.3 is 4.74 Å². The van der Waals surface area contributed by atoms with Crippen LogP contribution < -0.4 is 0 Å². The Labute approximate surface area is 75.9 Å². The summed E-state index contributed by atoms with van der Waals surface area (Å²) in [4.78, 5) is 23.2. The maximum absolute atomic E-state index is 11.1. The van der Waals surface area contributed by atoms with Crippen molar-refractivity contribution < 1.29 is 14.3 Å². The molecule has 0 aromatic rings. The van der Waals surface area contributed by atoms with Crippen LogP contribution in [0.15, 0.2) is 0 Å². The molecule has 5 nitrogen and oxygen atoms in total. The molecule has 1 rings (SSSR count). The zero-order valence-corrected chi connectivity index (χ0v) is 7.15. The van der Waals surface area contributed by atoms with Crippen LogP contribution in [0.3, 0.4) is 0 Å². The van der Waals surface area contributed by atoms with Crippen molar-refractivity contribution in [3.63, 3.8) is 0 Å². The van der Waals surface area contributed by atoms with Gasteiger partial charge in [-0.25, -0.2) is 9.69 Å². The summed E-state index contributed by atoms with van der Waals surface area (Å²) < 4.78 is 4.68. The van der Waals surface area contributed by atoms with Crippen molar-refractivity contribution in [2.45, 2.75) is 19.3 Å². The van der Waals surface area contributed by atoms with E-state index in [0.29, 0.717) is 19.4 Å². The third-order valence-corrected chi connectivity index (χ3v) is 1.73. The molecule has 0 unspecified atom stereocenters. The lowest BCUT2D eigenvalue weighted by Crippen LogP contribution is -2.32. The van der Waals surface area contributed by atoms with Crippen LogP contribution >= 0.6 is 0 Å². The second-order valence-corrected chi connectivity index (χ2v) is 2.67. The largest absolute Gasteiger partial charge is 0.448 e. The first-order valence-electron chi connectivity index (χ1n) is 4.10. The van der Waals surface area contributed by atoms with Gasteiger partial charge in [0.1, 0.15) is 6.61 Å². The molecular formula is C8H10N2O3. The monoisotopic (exact) mass is 182 g/mol. The van der Waals surface area contributed by atoms with Crippen molar-refractivity contribution in [3.8, 4) is 6.07 Å². The standard InChI is InChI=1S/C8H10N2O3/c9-4-2-6-13-8(12)10-5-1-3-7(10)11/h1-3,5-6H2. The molecule has 13 heavy (non-hydrogen) atoms. The van der Waals surface area contributed by atoms with Crippen LogP contribution in [0.5, 0.6) is 0 Å². The fourth-order valence-corrected chi connectivity index (χ4v) is 1.10. The van der Waals surface area contributed by atoms with Crippen molar-refractivity contribution in [1.29, 1.82) is 5.26 Å². The van der Waals surface area contributed by atoms with Gasteiger partial charge in [0.05, 0.1) is 12.5 Å². The van der Waals surface area contributed by atoms with E-state index in [2.05, 4.69) is 4.74 Å². The molecule has 0 N–H and O–H groups in total. The van der Waals surface area contributed by atoms with Gasteiger partial charge >= 0.3 is 6.09 Å². The van der Waals surface area contributed by atoms with E-state index in [1.165, 1.54) is 0 Å². The number of nitriles is 1. The van der Waals surface area contributed by atoms with Crippen molar-refractivity contribution in [1.82, 2.24) is 4.90 Å². The highest BCUT2D eigenvalue weighted by Crippen LogP contribution is 2.10. The smallest absolute Gasteiger partial charge is 0.416 e. The SMILES string of the molecule is N#CCCOC(=O)N1CCCC1=O. The maximum atomic E-state index is 11.1. The summed E-state index contributed by atoms with van der Waals surface area (Å²) in [7, 11) is 0. The summed E-state index contributed by atoms with van der Waals surface area (Å²) in [6, 6.07) is 1.84. The van der Waals surface area contributed by atoms with Crippen LogP contribution in [0.1, 0.15) is 19.3 Å². The van der Waals surface area contributed by atoms with E-state index in [-0.39, 0.29) is 18.9 Å². The van der Waals surface area contributed by atoms with E-state index in [4.69, 9.17) is 5.26 Å². The molecule has 0 bridgehead atoms. The minimum atomic E-state index is -0.627. The van der Waals surface area contributed by atoms with E-state index in [1.807, 2.05) is 6.07 Å². The quantitative estimate of drug-likeness (QED) is 0.588. The van der Waals surface area contributed by atoms with Crippen LogP contribution in [0.4, 0.5) is 4.79 Å². The fraction of sp³-hybridized carbons (Fsp3) is 0.625. The van der Waals surface area contributed by atoms with Crippen LogP contribution in [-0.2, 0) is 9.53 Å². The molecule has 0 aromatic carbocycles. The third-order valence-electron chi connectivity index (χ3n) is 1.73. The first kappa shape index (κ1) is 9.52. The van der Waals surface area contributed by atoms with Crippen molar-refractivity contribution in [3.05, 3.63) is 0 Å². The van der Waals surface area contributed by atoms with Gasteiger partial charge in [0.25, 0.3) is 0 Å². The van der Waals surface area contributed by atoms with Crippen LogP contribution in [-0.4, -0.2) is 30.1 Å². The van der Waals surface area contributed by atoms with Crippen LogP contribution in [0.2, 0.25) is 0 Å². The Morgan fingerprint density at radius 2 is 2.46 bits per heavy atom. The lowest BCUT2D eigenvalue weighted by Gasteiger charge is -2.12. The maximum Gasteiger partial charge on any atom is 0.416 e. The summed E-state index contributed by atoms with van der Waals surface area (Å²) in [5.74, 6) is -0.193. The molecular weight excluding hydrogens is 172 g/mol. The molecule has 1 saturated heterocycles. The lowest BCUT2D eigenvalue weighted by atomic mass is 10.4. The topological polar surface area (TPSA) is 70.4 Å². The summed E-state index contributed by atoms with van der Waals surface area (Å²) in [6.45, 7) is 0.489. The first-order valence-corrected chi connectivity index (χ1v) is 4.10. The summed E-state index contributed by atoms with van der Waals surface area (Å²) in [6.07, 6.45) is 0.644. The highest BCUT2D eigenvalue weighted by atomic mass is 16.6. The number of carbonyl (C=O) groups excluding carboxylic acids is 2. The molecule has 2 amide bonds. The highest BCUT2D eigenvalue weighted by molar-refractivity contribution is 5.93. The second-order valence-electron chi connectivity index (χ2n) is 2.67. The van der Waals surface area contributed by atoms with Gasteiger partial charge in [-0.15, -0.1) is 0 Å². The van der Waals surface area contributed by atoms with Gasteiger partial charge in [0, 0.05) is 13.0 Å². The number of imide groups is 1. The van der Waals surface area contributed by atoms with Gasteiger partial charge in [-0.05, 0) is 6.42 Å². The highest BCUT2D eigenvalue weighted by Gasteiger charge is 2.27. The fourth-order valence-electron chi connectivity index (χ4n) is 1.10. The molecule has 70 valence electrons. The molecule has 0 aromatic heterocycles. The van der Waals surface area contributed by atoms with Gasteiger partial charge in [0.15, 0.2) is 0 Å². The molecule has 1 heterocycles. The van der Waals surface area contributed by atoms with E-state index in [0.717, 1.165) is 4.90 Å². The molecule has 0 saturated carbocycles. The van der Waals surface area contributed by atoms with Crippen molar-refractivity contribution >= 4 is 12.0 Å². The van der Waals surface area contributed by atoms with E-state index < -0.39 is 6.09 Å². The number of nitrogens with zero attached hydrogens (tertiary/aromatic N) is 2. The molecule has 1 fully saturated rings. The number of ether oxygens (including phenoxy) is 1. The zero-order chi connectivity index (χ0) is 9.68. The summed E-state index contributed by atoms with van der Waals surface area (Å²) in [5.41, 5.74) is 0. The Hall–Kier alpha value is -1.57. The molecule has 0 radical (unpaired) electrons. The van der Waals surface area contributed by atoms with Crippen LogP contribution in [0, 0.1) is 11.3 Å². The second kappa shape index (κ2) is 4.45. The normalized spacial score (nSPS) is 15.6. The van der Waals surface area contributed by atoms with Crippen molar-refractivity contribution in [2.75, 3.05) is 13.2 Å². The Morgan fingerprint density at radius 3 is 3.00 bits per heavy atom. The van der Waals surface area contributed by atoms with Crippen molar-refractivity contribution in [2.24, 2.45) is 0 Å². The minimum Gasteiger partial charge on any atom is -0.448 e. The Balaban J connectivity index is 2.31. The number of rotatable bonds is 2. The molecule has 0 spiro atoms. The van der Waals surface area contributed by atoms with E-state index >= 15 is 0 Å². The van der Waals surface area contributed by atoms with Gasteiger partial charge in [-0.2, -0.15) is 5.26 Å². The molecule has 0 aliphatic carbocycles. The first-order chi connectivity index (χ1) is 6.25. The Bertz CT molecular complexity index is 257. The predicted molar refractivity (Wildman–Crippen MR) is 42.5 cm³/mol. The average Bonchev–Trinajstić information content (AvgIpc) is 2.52. The molecule has 0 atom stereocenters. The Kier molecular flexibility index (Phi) is 3.26. The zero-order valence-electron chi connectivity index (χ0n) is 7.15. The number of hydrogen-bond acceptors (Lipinski definition) is 4. The number of hydrogen-bond donors (Lipinski definition) is 0. The lowest BCUT2D eigenvalue weighted by molar-refractivity contribution is -0.126.